The average Bonchev–Trinajstić information content (AvgIpc) is 3.13. The van der Waals surface area contributed by atoms with Gasteiger partial charge >= 0.3 is 0 Å². The zero-order valence-corrected chi connectivity index (χ0v) is 15.8. The normalized spacial score (nSPS) is 22.4. The van der Waals surface area contributed by atoms with E-state index >= 15 is 0 Å². The summed E-state index contributed by atoms with van der Waals surface area (Å²) in [6, 6.07) is 17.7. The molecule has 0 heterocycles. The predicted molar refractivity (Wildman–Crippen MR) is 105 cm³/mol. The molecule has 2 amide bonds. The zero-order valence-electron chi connectivity index (χ0n) is 15.8. The fourth-order valence-electron chi connectivity index (χ4n) is 5.00. The van der Waals surface area contributed by atoms with E-state index in [1.165, 1.54) is 12.8 Å². The van der Waals surface area contributed by atoms with Gasteiger partial charge in [-0.15, -0.1) is 0 Å². The van der Waals surface area contributed by atoms with Gasteiger partial charge in [0, 0.05) is 19.2 Å². The van der Waals surface area contributed by atoms with Gasteiger partial charge in [-0.1, -0.05) is 55.3 Å². The fourth-order valence-corrected chi connectivity index (χ4v) is 5.00. The van der Waals surface area contributed by atoms with Gasteiger partial charge in [-0.2, -0.15) is 0 Å². The molecule has 0 bridgehead atoms. The standard InChI is InChI=1S/C23H26N2O2/c1-24-20(26)18-9-7-8-17(14-18)15-25-21(27)23(19-10-3-2-4-11-19)16-22(23)12-5-6-13-22/h2-4,7-11,14H,5-6,12-13,15-16H2,1H3,(H,24,26)(H,25,27)/t23-/m1/s1. The van der Waals surface area contributed by atoms with Crippen molar-refractivity contribution in [2.75, 3.05) is 7.05 Å². The van der Waals surface area contributed by atoms with Crippen LogP contribution in [-0.2, 0) is 16.8 Å². The molecule has 2 aromatic rings. The lowest BCUT2D eigenvalue weighted by atomic mass is 9.84. The van der Waals surface area contributed by atoms with Crippen molar-refractivity contribution < 1.29 is 9.59 Å². The smallest absolute Gasteiger partial charge is 0.251 e. The van der Waals surface area contributed by atoms with Gasteiger partial charge in [-0.25, -0.2) is 0 Å². The van der Waals surface area contributed by atoms with Crippen molar-refractivity contribution in [1.82, 2.24) is 10.6 Å². The summed E-state index contributed by atoms with van der Waals surface area (Å²) in [5.41, 5.74) is 2.45. The maximum absolute atomic E-state index is 13.3. The molecule has 0 unspecified atom stereocenters. The highest BCUT2D eigenvalue weighted by atomic mass is 16.2. The largest absolute Gasteiger partial charge is 0.355 e. The van der Waals surface area contributed by atoms with Crippen molar-refractivity contribution >= 4 is 11.8 Å². The van der Waals surface area contributed by atoms with Crippen molar-refractivity contribution in [3.8, 4) is 0 Å². The van der Waals surface area contributed by atoms with E-state index in [-0.39, 0.29) is 22.6 Å². The topological polar surface area (TPSA) is 58.2 Å². The van der Waals surface area contributed by atoms with Gasteiger partial charge < -0.3 is 10.6 Å². The molecule has 4 nitrogen and oxygen atoms in total. The molecule has 2 aliphatic carbocycles. The van der Waals surface area contributed by atoms with Crippen LogP contribution < -0.4 is 10.6 Å². The van der Waals surface area contributed by atoms with E-state index < -0.39 is 0 Å². The van der Waals surface area contributed by atoms with Gasteiger partial charge in [-0.3, -0.25) is 9.59 Å². The zero-order chi connectivity index (χ0) is 18.9. The van der Waals surface area contributed by atoms with E-state index in [2.05, 4.69) is 22.8 Å². The Balaban J connectivity index is 1.54. The second kappa shape index (κ2) is 6.84. The van der Waals surface area contributed by atoms with Crippen LogP contribution in [0, 0.1) is 5.41 Å². The van der Waals surface area contributed by atoms with Crippen LogP contribution in [0.4, 0.5) is 0 Å². The van der Waals surface area contributed by atoms with Gasteiger partial charge in [-0.05, 0) is 47.9 Å². The third kappa shape index (κ3) is 2.93. The van der Waals surface area contributed by atoms with Crippen LogP contribution in [0.2, 0.25) is 0 Å². The Labute approximate surface area is 160 Å². The first-order valence-electron chi connectivity index (χ1n) is 9.76. The number of carbonyl (C=O) groups is 2. The van der Waals surface area contributed by atoms with Crippen LogP contribution in [0.3, 0.4) is 0 Å². The molecule has 0 radical (unpaired) electrons. The monoisotopic (exact) mass is 362 g/mol. The number of carbonyl (C=O) groups excluding carboxylic acids is 2. The Bertz CT molecular complexity index is 856. The van der Waals surface area contributed by atoms with Crippen molar-refractivity contribution in [1.29, 1.82) is 0 Å². The number of hydrogen-bond donors (Lipinski definition) is 2. The van der Waals surface area contributed by atoms with Gasteiger partial charge in [0.15, 0.2) is 0 Å². The fraction of sp³-hybridized carbons (Fsp3) is 0.391. The van der Waals surface area contributed by atoms with Crippen LogP contribution in [0.1, 0.15) is 53.6 Å². The van der Waals surface area contributed by atoms with Gasteiger partial charge in [0.1, 0.15) is 0 Å². The Hall–Kier alpha value is -2.62. The van der Waals surface area contributed by atoms with Gasteiger partial charge in [0.25, 0.3) is 5.91 Å². The molecule has 140 valence electrons. The SMILES string of the molecule is CNC(=O)c1cccc(CNC(=O)[C@]2(c3ccccc3)CC23CCCC3)c1. The number of hydrogen-bond acceptors (Lipinski definition) is 2. The lowest BCUT2D eigenvalue weighted by Gasteiger charge is -2.23. The minimum absolute atomic E-state index is 0.115. The van der Waals surface area contributed by atoms with Gasteiger partial charge in [0.05, 0.1) is 5.41 Å². The molecular formula is C23H26N2O2. The van der Waals surface area contributed by atoms with Gasteiger partial charge in [0.2, 0.25) is 5.91 Å². The molecule has 2 aliphatic rings. The number of rotatable bonds is 5. The van der Waals surface area contributed by atoms with E-state index in [0.29, 0.717) is 12.1 Å². The molecule has 0 saturated heterocycles. The maximum Gasteiger partial charge on any atom is 0.251 e. The highest BCUT2D eigenvalue weighted by molar-refractivity contribution is 5.94. The maximum atomic E-state index is 13.3. The summed E-state index contributed by atoms with van der Waals surface area (Å²) in [6.07, 6.45) is 5.67. The quantitative estimate of drug-likeness (QED) is 0.854. The Morgan fingerprint density at radius 2 is 1.74 bits per heavy atom. The van der Waals surface area contributed by atoms with E-state index in [1.807, 2.05) is 36.4 Å². The first-order valence-corrected chi connectivity index (χ1v) is 9.76. The Morgan fingerprint density at radius 3 is 2.44 bits per heavy atom. The summed E-state index contributed by atoms with van der Waals surface area (Å²) in [4.78, 5) is 25.2. The van der Waals surface area contributed by atoms with Crippen molar-refractivity contribution in [3.63, 3.8) is 0 Å². The summed E-state index contributed by atoms with van der Waals surface area (Å²) in [6.45, 7) is 0.439. The van der Waals surface area contributed by atoms with Crippen molar-refractivity contribution in [2.24, 2.45) is 5.41 Å². The molecule has 2 saturated carbocycles. The third-order valence-corrected chi connectivity index (χ3v) is 6.47. The highest BCUT2D eigenvalue weighted by Gasteiger charge is 2.72. The molecule has 1 spiro atoms. The highest BCUT2D eigenvalue weighted by Crippen LogP contribution is 2.72. The second-order valence-electron chi connectivity index (χ2n) is 7.90. The summed E-state index contributed by atoms with van der Waals surface area (Å²) in [7, 11) is 1.62. The lowest BCUT2D eigenvalue weighted by molar-refractivity contribution is -0.124. The number of benzene rings is 2. The van der Waals surface area contributed by atoms with Crippen LogP contribution in [0.25, 0.3) is 0 Å². The Kier molecular flexibility index (Phi) is 4.50. The minimum atomic E-state index is -0.386. The first kappa shape index (κ1) is 17.8. The van der Waals surface area contributed by atoms with Crippen LogP contribution in [-0.4, -0.2) is 18.9 Å². The van der Waals surface area contributed by atoms with E-state index in [4.69, 9.17) is 0 Å². The van der Waals surface area contributed by atoms with E-state index in [9.17, 15) is 9.59 Å². The van der Waals surface area contributed by atoms with Crippen molar-refractivity contribution in [3.05, 3.63) is 71.3 Å². The molecule has 4 heteroatoms. The molecule has 0 aliphatic heterocycles. The Morgan fingerprint density at radius 1 is 1.00 bits per heavy atom. The first-order chi connectivity index (χ1) is 13.1. The molecule has 2 aromatic carbocycles. The van der Waals surface area contributed by atoms with E-state index in [1.54, 1.807) is 13.1 Å². The average molecular weight is 362 g/mol. The van der Waals surface area contributed by atoms with E-state index in [0.717, 1.165) is 30.4 Å². The molecule has 2 fully saturated rings. The number of amides is 2. The molecule has 1 atom stereocenters. The molecule has 27 heavy (non-hydrogen) atoms. The minimum Gasteiger partial charge on any atom is -0.355 e. The van der Waals surface area contributed by atoms with Crippen LogP contribution in [0.5, 0.6) is 0 Å². The summed E-state index contributed by atoms with van der Waals surface area (Å²) in [5, 5.41) is 5.80. The van der Waals surface area contributed by atoms with Crippen LogP contribution in [0.15, 0.2) is 54.6 Å². The lowest BCUT2D eigenvalue weighted by Crippen LogP contribution is -2.38. The summed E-state index contributed by atoms with van der Waals surface area (Å²) >= 11 is 0. The molecular weight excluding hydrogens is 336 g/mol. The summed E-state index contributed by atoms with van der Waals surface area (Å²) in [5.74, 6) is 0.0111. The van der Waals surface area contributed by atoms with Crippen molar-refractivity contribution in [2.45, 2.75) is 44.1 Å². The predicted octanol–water partition coefficient (Wildman–Crippen LogP) is 3.56. The summed E-state index contributed by atoms with van der Waals surface area (Å²) < 4.78 is 0. The molecule has 4 rings (SSSR count). The molecule has 0 aromatic heterocycles. The second-order valence-corrected chi connectivity index (χ2v) is 7.90. The number of nitrogens with one attached hydrogen (secondary N) is 2. The molecule has 2 N–H and O–H groups in total. The van der Waals surface area contributed by atoms with Crippen LogP contribution >= 0.6 is 0 Å². The third-order valence-electron chi connectivity index (χ3n) is 6.47.